The van der Waals surface area contributed by atoms with Gasteiger partial charge in [-0.3, -0.25) is 4.79 Å². The van der Waals surface area contributed by atoms with Crippen molar-refractivity contribution in [3.8, 4) is 28.1 Å². The molecule has 0 atom stereocenters. The second-order valence-electron chi connectivity index (χ2n) is 8.68. The highest BCUT2D eigenvalue weighted by molar-refractivity contribution is 6.05. The number of nitrogens with zero attached hydrogens (tertiary/aromatic N) is 1. The number of carbonyl (C=O) groups excluding carboxylic acids is 2. The quantitative estimate of drug-likeness (QED) is 0.261. The normalized spacial score (nSPS) is 10.7. The Kier molecular flexibility index (Phi) is 7.41. The fraction of sp³-hybridized carbons (Fsp3) is 0.0938. The number of pyridine rings is 1. The van der Waals surface area contributed by atoms with Gasteiger partial charge in [0, 0.05) is 23.1 Å². The molecule has 1 N–H and O–H groups in total. The molecule has 1 amide bonds. The number of fused-ring (bicyclic) bond motifs is 1. The minimum Gasteiger partial charge on any atom is -0.496 e. The lowest BCUT2D eigenvalue weighted by Crippen LogP contribution is -2.28. The van der Waals surface area contributed by atoms with Crippen LogP contribution in [0, 0.1) is 0 Å². The Morgan fingerprint density at radius 1 is 0.763 bits per heavy atom. The van der Waals surface area contributed by atoms with Crippen molar-refractivity contribution in [3.63, 3.8) is 0 Å². The molecule has 0 radical (unpaired) electrons. The molecular formula is C32H26N2O4. The summed E-state index contributed by atoms with van der Waals surface area (Å²) in [5.74, 6) is -0.310. The van der Waals surface area contributed by atoms with Gasteiger partial charge in [-0.15, -0.1) is 0 Å². The summed E-state index contributed by atoms with van der Waals surface area (Å²) in [6.07, 6.45) is 0. The van der Waals surface area contributed by atoms with Gasteiger partial charge in [0.2, 0.25) is 0 Å². The third-order valence-corrected chi connectivity index (χ3v) is 6.23. The number of methoxy groups -OCH3 is 1. The zero-order valence-corrected chi connectivity index (χ0v) is 20.9. The van der Waals surface area contributed by atoms with E-state index >= 15 is 0 Å². The zero-order valence-electron chi connectivity index (χ0n) is 20.9. The Balaban J connectivity index is 1.33. The number of benzene rings is 4. The number of hydrogen-bond donors (Lipinski definition) is 1. The first-order chi connectivity index (χ1) is 18.6. The summed E-state index contributed by atoms with van der Waals surface area (Å²) in [6, 6.07) is 34.7. The number of esters is 1. The Morgan fingerprint density at radius 3 is 2.21 bits per heavy atom. The van der Waals surface area contributed by atoms with Gasteiger partial charge in [-0.1, -0.05) is 91.0 Å². The number of para-hydroxylation sites is 2. The largest absolute Gasteiger partial charge is 0.496 e. The SMILES string of the molecule is COc1ccccc1CNC(=O)COC(=O)c1cc(-c2ccc(-c3ccccc3)cc2)nc2ccccc12. The second-order valence-corrected chi connectivity index (χ2v) is 8.68. The molecule has 5 rings (SSSR count). The van der Waals surface area contributed by atoms with Gasteiger partial charge >= 0.3 is 5.97 Å². The maximum Gasteiger partial charge on any atom is 0.339 e. The second kappa shape index (κ2) is 11.4. The fourth-order valence-corrected chi connectivity index (χ4v) is 4.26. The van der Waals surface area contributed by atoms with Crippen LogP contribution in [-0.4, -0.2) is 30.6 Å². The molecule has 4 aromatic carbocycles. The molecule has 0 aliphatic rings. The van der Waals surface area contributed by atoms with Crippen LogP contribution in [0.3, 0.4) is 0 Å². The van der Waals surface area contributed by atoms with Crippen molar-refractivity contribution in [1.29, 1.82) is 0 Å². The van der Waals surface area contributed by atoms with E-state index in [-0.39, 0.29) is 6.54 Å². The predicted octanol–water partition coefficient (Wildman–Crippen LogP) is 6.05. The molecule has 0 aliphatic carbocycles. The van der Waals surface area contributed by atoms with Crippen molar-refractivity contribution in [2.45, 2.75) is 6.54 Å². The van der Waals surface area contributed by atoms with E-state index in [2.05, 4.69) is 17.4 Å². The molecule has 188 valence electrons. The van der Waals surface area contributed by atoms with E-state index in [1.54, 1.807) is 13.2 Å². The maximum atomic E-state index is 13.1. The maximum absolute atomic E-state index is 13.1. The van der Waals surface area contributed by atoms with Crippen molar-refractivity contribution >= 4 is 22.8 Å². The summed E-state index contributed by atoms with van der Waals surface area (Å²) in [5.41, 5.74) is 5.60. The summed E-state index contributed by atoms with van der Waals surface area (Å²) in [5, 5.41) is 3.43. The topological polar surface area (TPSA) is 77.5 Å². The highest BCUT2D eigenvalue weighted by atomic mass is 16.5. The number of hydrogen-bond acceptors (Lipinski definition) is 5. The lowest BCUT2D eigenvalue weighted by molar-refractivity contribution is -0.124. The van der Waals surface area contributed by atoms with Gasteiger partial charge in [0.05, 0.1) is 23.9 Å². The van der Waals surface area contributed by atoms with Crippen LogP contribution in [0.15, 0.2) is 109 Å². The zero-order chi connectivity index (χ0) is 26.3. The van der Waals surface area contributed by atoms with Crippen LogP contribution >= 0.6 is 0 Å². The number of carbonyl (C=O) groups is 2. The van der Waals surface area contributed by atoms with Crippen LogP contribution in [0.4, 0.5) is 0 Å². The van der Waals surface area contributed by atoms with Gasteiger partial charge in [-0.25, -0.2) is 9.78 Å². The summed E-state index contributed by atoms with van der Waals surface area (Å²) in [6.45, 7) is -0.132. The van der Waals surface area contributed by atoms with Crippen molar-refractivity contribution < 1.29 is 19.1 Å². The van der Waals surface area contributed by atoms with Gasteiger partial charge in [-0.2, -0.15) is 0 Å². The van der Waals surface area contributed by atoms with E-state index < -0.39 is 18.5 Å². The average Bonchev–Trinajstić information content (AvgIpc) is 2.99. The Bertz CT molecular complexity index is 1580. The molecule has 1 aromatic heterocycles. The number of ether oxygens (including phenoxy) is 2. The fourth-order valence-electron chi connectivity index (χ4n) is 4.26. The molecule has 0 bridgehead atoms. The lowest BCUT2D eigenvalue weighted by atomic mass is 10.0. The smallest absolute Gasteiger partial charge is 0.339 e. The standard InChI is InChI=1S/C32H26N2O4/c1-37-30-14-8-5-11-25(30)20-33-31(35)21-38-32(36)27-19-29(34-28-13-7-6-12-26(27)28)24-17-15-23(16-18-24)22-9-3-2-4-10-22/h2-19H,20-21H2,1H3,(H,33,35). The molecular weight excluding hydrogens is 476 g/mol. The van der Waals surface area contributed by atoms with Gasteiger partial charge in [0.15, 0.2) is 6.61 Å². The van der Waals surface area contributed by atoms with E-state index in [4.69, 9.17) is 14.5 Å². The van der Waals surface area contributed by atoms with E-state index in [0.717, 1.165) is 22.3 Å². The summed E-state index contributed by atoms with van der Waals surface area (Å²) >= 11 is 0. The molecule has 0 saturated carbocycles. The molecule has 5 aromatic rings. The van der Waals surface area contributed by atoms with Crippen molar-refractivity contribution in [3.05, 3.63) is 120 Å². The first-order valence-electron chi connectivity index (χ1n) is 12.2. The van der Waals surface area contributed by atoms with Crippen molar-refractivity contribution in [2.75, 3.05) is 13.7 Å². The van der Waals surface area contributed by atoms with Gasteiger partial charge in [-0.05, 0) is 29.3 Å². The first-order valence-corrected chi connectivity index (χ1v) is 12.2. The molecule has 6 nitrogen and oxygen atoms in total. The van der Waals surface area contributed by atoms with Crippen molar-refractivity contribution in [2.24, 2.45) is 0 Å². The number of nitrogens with one attached hydrogen (secondary N) is 1. The molecule has 0 spiro atoms. The summed E-state index contributed by atoms with van der Waals surface area (Å²) in [7, 11) is 1.58. The van der Waals surface area contributed by atoms with Crippen molar-refractivity contribution in [1.82, 2.24) is 10.3 Å². The van der Waals surface area contributed by atoms with Crippen LogP contribution in [0.2, 0.25) is 0 Å². The minimum atomic E-state index is -0.585. The monoisotopic (exact) mass is 502 g/mol. The predicted molar refractivity (Wildman–Crippen MR) is 148 cm³/mol. The third-order valence-electron chi connectivity index (χ3n) is 6.23. The first kappa shape index (κ1) is 24.7. The summed E-state index contributed by atoms with van der Waals surface area (Å²) in [4.78, 5) is 30.3. The Morgan fingerprint density at radius 2 is 1.42 bits per heavy atom. The van der Waals surface area contributed by atoms with Crippen LogP contribution in [-0.2, 0) is 16.1 Å². The van der Waals surface area contributed by atoms with E-state index in [9.17, 15) is 9.59 Å². The van der Waals surface area contributed by atoms with Crippen LogP contribution in [0.5, 0.6) is 5.75 Å². The highest BCUT2D eigenvalue weighted by Crippen LogP contribution is 2.28. The van der Waals surface area contributed by atoms with Crippen LogP contribution in [0.25, 0.3) is 33.3 Å². The third kappa shape index (κ3) is 5.55. The number of aromatic nitrogens is 1. The molecule has 0 unspecified atom stereocenters. The van der Waals surface area contributed by atoms with Crippen LogP contribution in [0.1, 0.15) is 15.9 Å². The molecule has 1 heterocycles. The van der Waals surface area contributed by atoms with Crippen LogP contribution < -0.4 is 10.1 Å². The molecule has 0 fully saturated rings. The minimum absolute atomic E-state index is 0.266. The molecule has 0 saturated heterocycles. The van der Waals surface area contributed by atoms with Gasteiger partial charge in [0.1, 0.15) is 5.75 Å². The van der Waals surface area contributed by atoms with Gasteiger partial charge < -0.3 is 14.8 Å². The van der Waals surface area contributed by atoms with E-state index in [1.807, 2.05) is 91.0 Å². The summed E-state index contributed by atoms with van der Waals surface area (Å²) < 4.78 is 10.7. The molecule has 6 heteroatoms. The lowest BCUT2D eigenvalue weighted by Gasteiger charge is -2.12. The Labute approximate surface area is 220 Å². The molecule has 0 aliphatic heterocycles. The highest BCUT2D eigenvalue weighted by Gasteiger charge is 2.17. The van der Waals surface area contributed by atoms with Gasteiger partial charge in [0.25, 0.3) is 5.91 Å². The van der Waals surface area contributed by atoms with E-state index in [1.165, 1.54) is 0 Å². The number of rotatable bonds is 8. The molecule has 38 heavy (non-hydrogen) atoms. The Hall–Kier alpha value is -4.97. The van der Waals surface area contributed by atoms with E-state index in [0.29, 0.717) is 27.9 Å². The average molecular weight is 503 g/mol. The number of amides is 1.